The summed E-state index contributed by atoms with van der Waals surface area (Å²) in [5.41, 5.74) is 0.427. The Morgan fingerprint density at radius 3 is 2.75 bits per heavy atom. The Hall–Kier alpha value is -0.920. The molecule has 4 nitrogen and oxygen atoms in total. The first-order valence-corrected chi connectivity index (χ1v) is 7.42. The van der Waals surface area contributed by atoms with Crippen LogP contribution in [0.4, 0.5) is 5.69 Å². The average molecular weight is 319 g/mol. The minimum absolute atomic E-state index is 0.281. The van der Waals surface area contributed by atoms with E-state index in [-0.39, 0.29) is 4.21 Å². The van der Waals surface area contributed by atoms with Crippen LogP contribution in [0.25, 0.3) is 0 Å². The largest absolute Gasteiger partial charge is 0.276 e. The predicted octanol–water partition coefficient (Wildman–Crippen LogP) is 2.71. The maximum absolute atomic E-state index is 11.9. The molecule has 7 heteroatoms. The van der Waals surface area contributed by atoms with Crippen molar-refractivity contribution in [3.63, 3.8) is 0 Å². The van der Waals surface area contributed by atoms with Crippen LogP contribution in [-0.4, -0.2) is 13.4 Å². The summed E-state index contributed by atoms with van der Waals surface area (Å²) in [6.07, 6.45) is 1.58. The number of aromatic nitrogens is 1. The third-order valence-corrected chi connectivity index (χ3v) is 5.16. The molecule has 2 aromatic heterocycles. The van der Waals surface area contributed by atoms with Crippen LogP contribution < -0.4 is 4.72 Å². The molecule has 84 valence electrons. The van der Waals surface area contributed by atoms with Gasteiger partial charge in [0.25, 0.3) is 10.0 Å². The monoisotopic (exact) mass is 318 g/mol. The van der Waals surface area contributed by atoms with E-state index in [1.54, 1.807) is 35.8 Å². The summed E-state index contributed by atoms with van der Waals surface area (Å²) in [5, 5.41) is 1.72. The van der Waals surface area contributed by atoms with Gasteiger partial charge >= 0.3 is 0 Å². The number of halogens is 1. The van der Waals surface area contributed by atoms with Crippen molar-refractivity contribution in [2.24, 2.45) is 0 Å². The second kappa shape index (κ2) is 4.52. The van der Waals surface area contributed by atoms with Gasteiger partial charge in [-0.2, -0.15) is 0 Å². The lowest BCUT2D eigenvalue weighted by Crippen LogP contribution is -2.12. The summed E-state index contributed by atoms with van der Waals surface area (Å²) in [6.45, 7) is 0. The van der Waals surface area contributed by atoms with Gasteiger partial charge < -0.3 is 0 Å². The number of hydrogen-bond acceptors (Lipinski definition) is 4. The molecular weight excluding hydrogens is 312 g/mol. The van der Waals surface area contributed by atoms with E-state index in [9.17, 15) is 8.42 Å². The molecule has 2 heterocycles. The van der Waals surface area contributed by atoms with Gasteiger partial charge in [0, 0.05) is 6.20 Å². The number of thiophene rings is 1. The topological polar surface area (TPSA) is 59.1 Å². The van der Waals surface area contributed by atoms with E-state index >= 15 is 0 Å². The van der Waals surface area contributed by atoms with E-state index in [4.69, 9.17) is 0 Å². The second-order valence-electron chi connectivity index (χ2n) is 2.88. The first-order chi connectivity index (χ1) is 7.59. The number of hydrogen-bond donors (Lipinski definition) is 1. The minimum Gasteiger partial charge on any atom is -0.276 e. The number of rotatable bonds is 3. The van der Waals surface area contributed by atoms with E-state index in [1.807, 2.05) is 0 Å². The van der Waals surface area contributed by atoms with Gasteiger partial charge in [-0.25, -0.2) is 13.4 Å². The minimum atomic E-state index is -3.49. The quantitative estimate of drug-likeness (QED) is 0.885. The fourth-order valence-electron chi connectivity index (χ4n) is 1.07. The highest BCUT2D eigenvalue weighted by Crippen LogP contribution is 2.24. The van der Waals surface area contributed by atoms with Crippen LogP contribution in [0, 0.1) is 0 Å². The number of nitrogens with zero attached hydrogens (tertiary/aromatic N) is 1. The average Bonchev–Trinajstić information content (AvgIpc) is 2.75. The van der Waals surface area contributed by atoms with E-state index in [1.165, 1.54) is 11.3 Å². The Labute approximate surface area is 106 Å². The zero-order valence-corrected chi connectivity index (χ0v) is 11.1. The van der Waals surface area contributed by atoms with Crippen molar-refractivity contribution in [2.75, 3.05) is 4.72 Å². The lowest BCUT2D eigenvalue weighted by atomic mass is 10.4. The zero-order valence-electron chi connectivity index (χ0n) is 7.92. The summed E-state index contributed by atoms with van der Waals surface area (Å²) < 4.78 is 26.9. The third kappa shape index (κ3) is 2.42. The Morgan fingerprint density at radius 2 is 2.12 bits per heavy atom. The first kappa shape index (κ1) is 11.6. The zero-order chi connectivity index (χ0) is 11.6. The van der Waals surface area contributed by atoms with Crippen molar-refractivity contribution >= 4 is 43.0 Å². The summed E-state index contributed by atoms with van der Waals surface area (Å²) in [7, 11) is -3.49. The molecule has 0 aliphatic rings. The molecule has 0 fully saturated rings. The fraction of sp³-hybridized carbons (Fsp3) is 0. The molecule has 0 aliphatic carbocycles. The molecule has 0 aromatic carbocycles. The third-order valence-electron chi connectivity index (χ3n) is 1.76. The Morgan fingerprint density at radius 1 is 1.31 bits per heavy atom. The van der Waals surface area contributed by atoms with Gasteiger partial charge in [-0.15, -0.1) is 11.3 Å². The number of sulfonamides is 1. The van der Waals surface area contributed by atoms with Crippen molar-refractivity contribution in [2.45, 2.75) is 4.21 Å². The van der Waals surface area contributed by atoms with Gasteiger partial charge in [-0.3, -0.25) is 4.72 Å². The standard InChI is InChI=1S/C9H7BrN2O2S2/c10-9-7(3-1-5-11-9)12-16(13,14)8-4-2-6-15-8/h1-6,12H. The lowest BCUT2D eigenvalue weighted by Gasteiger charge is -2.06. The molecule has 0 unspecified atom stereocenters. The Kier molecular flexibility index (Phi) is 3.27. The van der Waals surface area contributed by atoms with Gasteiger partial charge in [0.15, 0.2) is 0 Å². The van der Waals surface area contributed by atoms with Crippen molar-refractivity contribution in [3.05, 3.63) is 40.4 Å². The van der Waals surface area contributed by atoms with E-state index in [2.05, 4.69) is 25.6 Å². The Bertz CT molecular complexity index is 581. The number of nitrogens with one attached hydrogen (secondary N) is 1. The van der Waals surface area contributed by atoms with Crippen LogP contribution in [0.3, 0.4) is 0 Å². The highest BCUT2D eigenvalue weighted by molar-refractivity contribution is 9.10. The van der Waals surface area contributed by atoms with Crippen molar-refractivity contribution in [3.8, 4) is 0 Å². The molecule has 0 saturated heterocycles. The van der Waals surface area contributed by atoms with Crippen LogP contribution in [-0.2, 0) is 10.0 Å². The molecule has 0 atom stereocenters. The molecule has 2 aromatic rings. The Balaban J connectivity index is 2.33. The maximum atomic E-state index is 11.9. The lowest BCUT2D eigenvalue weighted by molar-refractivity contribution is 0.603. The van der Waals surface area contributed by atoms with E-state index < -0.39 is 10.0 Å². The summed E-state index contributed by atoms with van der Waals surface area (Å²) in [5.74, 6) is 0. The molecule has 0 bridgehead atoms. The summed E-state index contributed by atoms with van der Waals surface area (Å²) >= 11 is 4.35. The van der Waals surface area contributed by atoms with Crippen LogP contribution in [0.5, 0.6) is 0 Å². The molecular formula is C9H7BrN2O2S2. The predicted molar refractivity (Wildman–Crippen MR) is 67.1 cm³/mol. The molecule has 16 heavy (non-hydrogen) atoms. The SMILES string of the molecule is O=S(=O)(Nc1cccnc1Br)c1cccs1. The number of pyridine rings is 1. The van der Waals surface area contributed by atoms with Crippen LogP contribution >= 0.6 is 27.3 Å². The molecule has 0 radical (unpaired) electrons. The normalized spacial score (nSPS) is 11.3. The maximum Gasteiger partial charge on any atom is 0.271 e. The number of anilines is 1. The van der Waals surface area contributed by atoms with Gasteiger partial charge in [0.1, 0.15) is 8.81 Å². The molecule has 0 saturated carbocycles. The van der Waals surface area contributed by atoms with E-state index in [0.29, 0.717) is 10.3 Å². The van der Waals surface area contributed by atoms with Crippen LogP contribution in [0.15, 0.2) is 44.7 Å². The molecule has 1 N–H and O–H groups in total. The summed E-state index contributed by atoms with van der Waals surface area (Å²) in [6, 6.07) is 6.55. The highest BCUT2D eigenvalue weighted by Gasteiger charge is 2.16. The molecule has 2 rings (SSSR count). The fourth-order valence-corrected chi connectivity index (χ4v) is 3.61. The van der Waals surface area contributed by atoms with Gasteiger partial charge in [-0.1, -0.05) is 6.07 Å². The van der Waals surface area contributed by atoms with Crippen molar-refractivity contribution in [1.29, 1.82) is 0 Å². The summed E-state index contributed by atoms with van der Waals surface area (Å²) in [4.78, 5) is 3.94. The smallest absolute Gasteiger partial charge is 0.271 e. The van der Waals surface area contributed by atoms with Gasteiger partial charge in [0.05, 0.1) is 5.69 Å². The molecule has 0 spiro atoms. The molecule has 0 amide bonds. The second-order valence-corrected chi connectivity index (χ2v) is 6.49. The van der Waals surface area contributed by atoms with Gasteiger partial charge in [0.2, 0.25) is 0 Å². The first-order valence-electron chi connectivity index (χ1n) is 4.26. The van der Waals surface area contributed by atoms with Crippen LogP contribution in [0.2, 0.25) is 0 Å². The van der Waals surface area contributed by atoms with Crippen LogP contribution in [0.1, 0.15) is 0 Å². The van der Waals surface area contributed by atoms with Gasteiger partial charge in [-0.05, 0) is 39.5 Å². The van der Waals surface area contributed by atoms with Crippen molar-refractivity contribution < 1.29 is 8.42 Å². The van der Waals surface area contributed by atoms with Crippen molar-refractivity contribution in [1.82, 2.24) is 4.98 Å². The molecule has 0 aliphatic heterocycles. The van der Waals surface area contributed by atoms with E-state index in [0.717, 1.165) is 0 Å². The highest BCUT2D eigenvalue weighted by atomic mass is 79.9.